The molecule has 0 bridgehead atoms. The molecule has 0 radical (unpaired) electrons. The number of benzene rings is 1. The van der Waals surface area contributed by atoms with Gasteiger partial charge in [0, 0.05) is 12.1 Å². The van der Waals surface area contributed by atoms with Crippen LogP contribution in [0.5, 0.6) is 5.75 Å². The Morgan fingerprint density at radius 1 is 1.44 bits per heavy atom. The second kappa shape index (κ2) is 6.39. The normalized spacial score (nSPS) is 23.3. The van der Waals surface area contributed by atoms with Gasteiger partial charge in [-0.25, -0.2) is 4.39 Å². The van der Waals surface area contributed by atoms with Gasteiger partial charge in [0.1, 0.15) is 11.6 Å². The van der Waals surface area contributed by atoms with Gasteiger partial charge in [-0.05, 0) is 44.4 Å². The van der Waals surface area contributed by atoms with Crippen LogP contribution in [-0.4, -0.2) is 19.7 Å². The van der Waals surface area contributed by atoms with Gasteiger partial charge in [0.25, 0.3) is 0 Å². The summed E-state index contributed by atoms with van der Waals surface area (Å²) in [5.74, 6) is 0.779. The smallest absolute Gasteiger partial charge is 0.140 e. The molecule has 1 saturated carbocycles. The Bertz CT molecular complexity index is 399. The standard InChI is InChI=1S/C14H19ClFNO/c1-17-13-4-2-3-10(13)7-8-18-14-9-11(16)5-6-12(14)15/h5-6,9-10,13,17H,2-4,7-8H2,1H3. The van der Waals surface area contributed by atoms with Crippen LogP contribution >= 0.6 is 11.6 Å². The minimum atomic E-state index is -0.316. The fraction of sp³-hybridized carbons (Fsp3) is 0.571. The zero-order chi connectivity index (χ0) is 13.0. The highest BCUT2D eigenvalue weighted by Gasteiger charge is 2.25. The van der Waals surface area contributed by atoms with Crippen LogP contribution in [0.15, 0.2) is 18.2 Å². The summed E-state index contributed by atoms with van der Waals surface area (Å²) in [6.45, 7) is 0.589. The minimum Gasteiger partial charge on any atom is -0.492 e. The molecule has 2 atom stereocenters. The van der Waals surface area contributed by atoms with Gasteiger partial charge in [0.15, 0.2) is 0 Å². The van der Waals surface area contributed by atoms with Crippen molar-refractivity contribution in [1.82, 2.24) is 5.32 Å². The number of hydrogen-bond acceptors (Lipinski definition) is 2. The van der Waals surface area contributed by atoms with Crippen LogP contribution in [0.4, 0.5) is 4.39 Å². The largest absolute Gasteiger partial charge is 0.492 e. The zero-order valence-corrected chi connectivity index (χ0v) is 11.3. The van der Waals surface area contributed by atoms with Gasteiger partial charge in [-0.3, -0.25) is 0 Å². The second-order valence-corrected chi connectivity index (χ2v) is 5.21. The van der Waals surface area contributed by atoms with Crippen molar-refractivity contribution in [2.75, 3.05) is 13.7 Å². The molecule has 18 heavy (non-hydrogen) atoms. The number of halogens is 2. The maximum absolute atomic E-state index is 13.0. The van der Waals surface area contributed by atoms with Crippen molar-refractivity contribution in [3.05, 3.63) is 29.0 Å². The van der Waals surface area contributed by atoms with E-state index in [2.05, 4.69) is 5.32 Å². The fourth-order valence-electron chi connectivity index (χ4n) is 2.67. The summed E-state index contributed by atoms with van der Waals surface area (Å²) >= 11 is 5.94. The van der Waals surface area contributed by atoms with Crippen LogP contribution in [-0.2, 0) is 0 Å². The topological polar surface area (TPSA) is 21.3 Å². The van der Waals surface area contributed by atoms with Crippen LogP contribution in [0.1, 0.15) is 25.7 Å². The van der Waals surface area contributed by atoms with Crippen LogP contribution in [0, 0.1) is 11.7 Å². The SMILES string of the molecule is CNC1CCCC1CCOc1cc(F)ccc1Cl. The van der Waals surface area contributed by atoms with Gasteiger partial charge in [-0.1, -0.05) is 18.0 Å². The zero-order valence-electron chi connectivity index (χ0n) is 10.6. The van der Waals surface area contributed by atoms with Crippen molar-refractivity contribution in [3.63, 3.8) is 0 Å². The van der Waals surface area contributed by atoms with E-state index in [0.717, 1.165) is 6.42 Å². The molecular formula is C14H19ClFNO. The first-order valence-corrected chi connectivity index (χ1v) is 6.83. The minimum absolute atomic E-state index is 0.316. The van der Waals surface area contributed by atoms with Gasteiger partial charge in [0.2, 0.25) is 0 Å². The number of ether oxygens (including phenoxy) is 1. The van der Waals surface area contributed by atoms with Crippen molar-refractivity contribution in [2.45, 2.75) is 31.7 Å². The molecule has 2 unspecified atom stereocenters. The van der Waals surface area contributed by atoms with E-state index in [0.29, 0.717) is 29.3 Å². The molecule has 2 rings (SSSR count). The van der Waals surface area contributed by atoms with E-state index in [1.165, 1.54) is 37.5 Å². The van der Waals surface area contributed by atoms with Gasteiger partial charge in [0.05, 0.1) is 11.6 Å². The molecular weight excluding hydrogens is 253 g/mol. The third kappa shape index (κ3) is 3.36. The highest BCUT2D eigenvalue weighted by Crippen LogP contribution is 2.29. The van der Waals surface area contributed by atoms with Crippen LogP contribution < -0.4 is 10.1 Å². The summed E-state index contributed by atoms with van der Waals surface area (Å²) < 4.78 is 18.6. The predicted octanol–water partition coefficient (Wildman–Crippen LogP) is 3.64. The van der Waals surface area contributed by atoms with Gasteiger partial charge in [-0.2, -0.15) is 0 Å². The van der Waals surface area contributed by atoms with Gasteiger partial charge < -0.3 is 10.1 Å². The van der Waals surface area contributed by atoms with Crippen molar-refractivity contribution in [3.8, 4) is 5.75 Å². The van der Waals surface area contributed by atoms with E-state index in [1.54, 1.807) is 0 Å². The van der Waals surface area contributed by atoms with Crippen LogP contribution in [0.2, 0.25) is 5.02 Å². The maximum Gasteiger partial charge on any atom is 0.140 e. The summed E-state index contributed by atoms with van der Waals surface area (Å²) in [5.41, 5.74) is 0. The first-order chi connectivity index (χ1) is 8.70. The summed E-state index contributed by atoms with van der Waals surface area (Å²) in [5, 5.41) is 3.81. The highest BCUT2D eigenvalue weighted by molar-refractivity contribution is 6.32. The Kier molecular flexibility index (Phi) is 4.84. The molecule has 0 heterocycles. The number of hydrogen-bond donors (Lipinski definition) is 1. The summed E-state index contributed by atoms with van der Waals surface area (Å²) in [4.78, 5) is 0. The third-order valence-electron chi connectivity index (χ3n) is 3.67. The van der Waals surface area contributed by atoms with Gasteiger partial charge in [-0.15, -0.1) is 0 Å². The third-order valence-corrected chi connectivity index (χ3v) is 3.98. The lowest BCUT2D eigenvalue weighted by Crippen LogP contribution is -2.29. The lowest BCUT2D eigenvalue weighted by atomic mass is 10.0. The first-order valence-electron chi connectivity index (χ1n) is 6.46. The van der Waals surface area contributed by atoms with E-state index in [9.17, 15) is 4.39 Å². The Morgan fingerprint density at radius 3 is 3.06 bits per heavy atom. The quantitative estimate of drug-likeness (QED) is 0.883. The van der Waals surface area contributed by atoms with E-state index in [4.69, 9.17) is 16.3 Å². The molecule has 0 saturated heterocycles. The van der Waals surface area contributed by atoms with Crippen LogP contribution in [0.3, 0.4) is 0 Å². The van der Waals surface area contributed by atoms with Crippen molar-refractivity contribution >= 4 is 11.6 Å². The second-order valence-electron chi connectivity index (χ2n) is 4.80. The average molecular weight is 272 g/mol. The molecule has 0 aromatic heterocycles. The lowest BCUT2D eigenvalue weighted by Gasteiger charge is -2.19. The summed E-state index contributed by atoms with van der Waals surface area (Å²) in [6.07, 6.45) is 4.74. The summed E-state index contributed by atoms with van der Waals surface area (Å²) in [7, 11) is 2.01. The van der Waals surface area contributed by atoms with E-state index < -0.39 is 0 Å². The molecule has 1 aliphatic rings. The monoisotopic (exact) mass is 271 g/mol. The van der Waals surface area contributed by atoms with Crippen molar-refractivity contribution < 1.29 is 9.13 Å². The van der Waals surface area contributed by atoms with E-state index >= 15 is 0 Å². The number of nitrogens with one attached hydrogen (secondary N) is 1. The molecule has 4 heteroatoms. The molecule has 1 N–H and O–H groups in total. The molecule has 2 nitrogen and oxygen atoms in total. The molecule has 1 fully saturated rings. The molecule has 1 aliphatic carbocycles. The summed E-state index contributed by atoms with van der Waals surface area (Å²) in [6, 6.07) is 4.80. The first kappa shape index (κ1) is 13.6. The number of rotatable bonds is 5. The molecule has 100 valence electrons. The highest BCUT2D eigenvalue weighted by atomic mass is 35.5. The predicted molar refractivity (Wildman–Crippen MR) is 71.7 cm³/mol. The van der Waals surface area contributed by atoms with Crippen molar-refractivity contribution in [2.24, 2.45) is 5.92 Å². The fourth-order valence-corrected chi connectivity index (χ4v) is 2.84. The van der Waals surface area contributed by atoms with E-state index in [-0.39, 0.29) is 5.82 Å². The molecule has 1 aromatic carbocycles. The van der Waals surface area contributed by atoms with Crippen LogP contribution in [0.25, 0.3) is 0 Å². The van der Waals surface area contributed by atoms with Crippen molar-refractivity contribution in [1.29, 1.82) is 0 Å². The van der Waals surface area contributed by atoms with E-state index in [1.807, 2.05) is 7.05 Å². The Hall–Kier alpha value is -0.800. The Labute approximate surface area is 112 Å². The molecule has 0 spiro atoms. The Balaban J connectivity index is 1.83. The Morgan fingerprint density at radius 2 is 2.28 bits per heavy atom. The molecule has 0 amide bonds. The molecule has 0 aliphatic heterocycles. The maximum atomic E-state index is 13.0. The lowest BCUT2D eigenvalue weighted by molar-refractivity contribution is 0.263. The van der Waals surface area contributed by atoms with Gasteiger partial charge >= 0.3 is 0 Å². The molecule has 1 aromatic rings. The average Bonchev–Trinajstić information content (AvgIpc) is 2.81.